The molecule has 0 spiro atoms. The van der Waals surface area contributed by atoms with E-state index in [1.54, 1.807) is 19.3 Å². The van der Waals surface area contributed by atoms with Crippen molar-refractivity contribution in [3.8, 4) is 0 Å². The molecule has 1 aromatic rings. The number of aryl methyl sites for hydroxylation is 1. The van der Waals surface area contributed by atoms with E-state index in [9.17, 15) is 19.5 Å². The van der Waals surface area contributed by atoms with Crippen LogP contribution in [0.2, 0.25) is 0 Å². The number of carbonyl (C=O) groups is 3. The van der Waals surface area contributed by atoms with E-state index < -0.39 is 29.9 Å². The molecule has 0 unspecified atom stereocenters. The maximum Gasteiger partial charge on any atom is 0.253 e. The van der Waals surface area contributed by atoms with Gasteiger partial charge < -0.3 is 20.5 Å². The predicted octanol–water partition coefficient (Wildman–Crippen LogP) is -2.72. The van der Waals surface area contributed by atoms with Crippen LogP contribution >= 0.6 is 0 Å². The maximum atomic E-state index is 11.8. The third-order valence-corrected chi connectivity index (χ3v) is 2.56. The summed E-state index contributed by atoms with van der Waals surface area (Å²) in [5.41, 5.74) is 0.302. The molecule has 2 atom stereocenters. The molecular weight excluding hydrogens is 264 g/mol. The van der Waals surface area contributed by atoms with Gasteiger partial charge in [-0.1, -0.05) is 4.68 Å². The Bertz CT molecular complexity index is 515. The zero-order chi connectivity index (χ0) is 15.3. The van der Waals surface area contributed by atoms with Crippen molar-refractivity contribution in [3.05, 3.63) is 24.0 Å². The van der Waals surface area contributed by atoms with Gasteiger partial charge in [0.1, 0.15) is 12.2 Å². The fourth-order valence-electron chi connectivity index (χ4n) is 1.30. The fraction of sp³-hybridized carbons (Fsp3) is 0.417. The summed E-state index contributed by atoms with van der Waals surface area (Å²) < 4.78 is 1.52. The number of aromatic nitrogens is 2. The zero-order valence-corrected chi connectivity index (χ0v) is 11.4. The highest BCUT2D eigenvalue weighted by molar-refractivity contribution is 5.97. The number of nitrogens with zero attached hydrogens (tertiary/aromatic N) is 2. The maximum absolute atomic E-state index is 11.8. The first-order valence-electron chi connectivity index (χ1n) is 5.95. The molecule has 0 aliphatic rings. The molecule has 1 heterocycles. The van der Waals surface area contributed by atoms with Crippen molar-refractivity contribution < 1.29 is 24.2 Å². The summed E-state index contributed by atoms with van der Waals surface area (Å²) in [4.78, 5) is 34.0. The summed E-state index contributed by atoms with van der Waals surface area (Å²) >= 11 is 0. The Morgan fingerprint density at radius 3 is 2.40 bits per heavy atom. The van der Waals surface area contributed by atoms with Crippen LogP contribution in [-0.4, -0.2) is 35.0 Å². The largest absolute Gasteiger partial charge is 0.548 e. The van der Waals surface area contributed by atoms with Crippen molar-refractivity contribution in [2.45, 2.75) is 25.9 Å². The van der Waals surface area contributed by atoms with Gasteiger partial charge >= 0.3 is 0 Å². The van der Waals surface area contributed by atoms with Crippen LogP contribution in [0.3, 0.4) is 0 Å². The van der Waals surface area contributed by atoms with Gasteiger partial charge in [0, 0.05) is 6.07 Å². The van der Waals surface area contributed by atoms with Gasteiger partial charge in [-0.3, -0.25) is 9.59 Å². The number of aliphatic carboxylic acids is 1. The molecule has 1 aromatic heterocycles. The topological polar surface area (TPSA) is 115 Å². The Labute approximate surface area is 115 Å². The normalized spacial score (nSPS) is 13.2. The third kappa shape index (κ3) is 4.30. The Hall–Kier alpha value is -2.51. The lowest BCUT2D eigenvalue weighted by Gasteiger charge is -2.18. The molecule has 0 fully saturated rings. The SMILES string of the molecule is C[C@H](NC(=O)[C@H](C)NC(=O)c1cc[n+](C)nc1)C(=O)[O-]. The van der Waals surface area contributed by atoms with Crippen LogP contribution in [0.4, 0.5) is 0 Å². The van der Waals surface area contributed by atoms with Gasteiger partial charge in [-0.05, 0) is 18.9 Å². The van der Waals surface area contributed by atoms with Gasteiger partial charge in [0.25, 0.3) is 5.91 Å². The van der Waals surface area contributed by atoms with E-state index in [2.05, 4.69) is 15.7 Å². The van der Waals surface area contributed by atoms with Crippen LogP contribution < -0.4 is 20.4 Å². The quantitative estimate of drug-likeness (QED) is 0.569. The smallest absolute Gasteiger partial charge is 0.253 e. The number of hydrogen-bond acceptors (Lipinski definition) is 5. The second-order valence-corrected chi connectivity index (χ2v) is 4.33. The van der Waals surface area contributed by atoms with Crippen molar-refractivity contribution in [1.82, 2.24) is 15.7 Å². The van der Waals surface area contributed by atoms with Gasteiger partial charge in [-0.25, -0.2) is 0 Å². The Morgan fingerprint density at radius 2 is 1.90 bits per heavy atom. The Balaban J connectivity index is 2.59. The van der Waals surface area contributed by atoms with Crippen molar-refractivity contribution in [1.29, 1.82) is 0 Å². The van der Waals surface area contributed by atoms with E-state index >= 15 is 0 Å². The van der Waals surface area contributed by atoms with E-state index in [0.717, 1.165) is 0 Å². The average Bonchev–Trinajstić information content (AvgIpc) is 2.38. The summed E-state index contributed by atoms with van der Waals surface area (Å²) in [5, 5.41) is 19.1. The van der Waals surface area contributed by atoms with Crippen LogP contribution in [0.1, 0.15) is 24.2 Å². The number of carboxylic acids is 1. The van der Waals surface area contributed by atoms with E-state index in [4.69, 9.17) is 0 Å². The molecule has 0 radical (unpaired) electrons. The Morgan fingerprint density at radius 1 is 1.25 bits per heavy atom. The van der Waals surface area contributed by atoms with E-state index in [1.807, 2.05) is 0 Å². The summed E-state index contributed by atoms with van der Waals surface area (Å²) in [6.45, 7) is 2.73. The minimum atomic E-state index is -1.39. The summed E-state index contributed by atoms with van der Waals surface area (Å²) in [5.74, 6) is -2.47. The van der Waals surface area contributed by atoms with Crippen molar-refractivity contribution >= 4 is 17.8 Å². The first-order valence-corrected chi connectivity index (χ1v) is 5.95. The molecular formula is C12H16N4O4. The van der Waals surface area contributed by atoms with Crippen molar-refractivity contribution in [2.24, 2.45) is 7.05 Å². The van der Waals surface area contributed by atoms with E-state index in [-0.39, 0.29) is 0 Å². The molecule has 8 nitrogen and oxygen atoms in total. The standard InChI is InChI=1S/C12H16N4O4/c1-7(10(17)15-8(2)12(19)20)14-11(18)9-4-5-16(3)13-6-9/h4-8H,1-3H3,(H2-,14,15,17,18,19,20)/t7-,8-/m0/s1. The predicted molar refractivity (Wildman–Crippen MR) is 65.0 cm³/mol. The van der Waals surface area contributed by atoms with Crippen LogP contribution in [0.15, 0.2) is 18.5 Å². The highest BCUT2D eigenvalue weighted by Crippen LogP contribution is 1.95. The molecule has 0 aromatic carbocycles. The molecule has 2 N–H and O–H groups in total. The lowest BCUT2D eigenvalue weighted by Crippen LogP contribution is -2.52. The zero-order valence-electron chi connectivity index (χ0n) is 11.4. The van der Waals surface area contributed by atoms with Crippen molar-refractivity contribution in [3.63, 3.8) is 0 Å². The highest BCUT2D eigenvalue weighted by Gasteiger charge is 2.19. The number of amides is 2. The van der Waals surface area contributed by atoms with Gasteiger partial charge in [0.2, 0.25) is 5.91 Å². The lowest BCUT2D eigenvalue weighted by atomic mass is 10.2. The monoisotopic (exact) mass is 280 g/mol. The highest BCUT2D eigenvalue weighted by atomic mass is 16.4. The number of nitrogens with one attached hydrogen (secondary N) is 2. The summed E-state index contributed by atoms with van der Waals surface area (Å²) in [6.07, 6.45) is 2.96. The Kier molecular flexibility index (Phi) is 5.13. The molecule has 108 valence electrons. The molecule has 0 aliphatic carbocycles. The molecule has 20 heavy (non-hydrogen) atoms. The number of carboxylic acid groups (broad SMARTS) is 1. The molecule has 1 rings (SSSR count). The van der Waals surface area contributed by atoms with Gasteiger partial charge in [-0.15, -0.1) is 0 Å². The summed E-state index contributed by atoms with van der Waals surface area (Å²) in [7, 11) is 1.71. The van der Waals surface area contributed by atoms with Crippen LogP contribution in [0.5, 0.6) is 0 Å². The number of hydrogen-bond donors (Lipinski definition) is 2. The first-order chi connectivity index (χ1) is 9.31. The first kappa shape index (κ1) is 15.5. The minimum Gasteiger partial charge on any atom is -0.548 e. The molecule has 0 saturated heterocycles. The van der Waals surface area contributed by atoms with E-state index in [1.165, 1.54) is 24.7 Å². The van der Waals surface area contributed by atoms with Gasteiger partial charge in [-0.2, -0.15) is 0 Å². The van der Waals surface area contributed by atoms with Crippen LogP contribution in [0.25, 0.3) is 0 Å². The van der Waals surface area contributed by atoms with Gasteiger partial charge in [0.05, 0.1) is 17.6 Å². The molecule has 8 heteroatoms. The van der Waals surface area contributed by atoms with Gasteiger partial charge in [0.15, 0.2) is 13.2 Å². The van der Waals surface area contributed by atoms with Crippen molar-refractivity contribution in [2.75, 3.05) is 0 Å². The molecule has 2 amide bonds. The number of rotatable bonds is 5. The lowest BCUT2D eigenvalue weighted by molar-refractivity contribution is -0.730. The minimum absolute atomic E-state index is 0.302. The second kappa shape index (κ2) is 6.60. The second-order valence-electron chi connectivity index (χ2n) is 4.33. The molecule has 0 saturated carbocycles. The number of carbonyl (C=O) groups excluding carboxylic acids is 3. The van der Waals surface area contributed by atoms with Crippen LogP contribution in [-0.2, 0) is 16.6 Å². The third-order valence-electron chi connectivity index (χ3n) is 2.56. The van der Waals surface area contributed by atoms with Crippen LogP contribution in [0, 0.1) is 0 Å². The molecule has 0 aliphatic heterocycles. The average molecular weight is 280 g/mol. The molecule has 0 bridgehead atoms. The fourth-order valence-corrected chi connectivity index (χ4v) is 1.30. The van der Waals surface area contributed by atoms with E-state index in [0.29, 0.717) is 5.56 Å². The summed E-state index contributed by atoms with van der Waals surface area (Å²) in [6, 6.07) is -0.450.